The first-order valence-electron chi connectivity index (χ1n) is 8.56. The van der Waals surface area contributed by atoms with E-state index in [0.29, 0.717) is 13.2 Å². The van der Waals surface area contributed by atoms with Crippen molar-refractivity contribution >= 4 is 22.0 Å². The second-order valence-electron chi connectivity index (χ2n) is 6.45. The molecule has 1 atom stereocenters. The van der Waals surface area contributed by atoms with Crippen LogP contribution in [-0.2, 0) is 17.9 Å². The molecule has 0 bridgehead atoms. The number of nitrogens with zero attached hydrogens (tertiary/aromatic N) is 2. The molecule has 4 nitrogen and oxygen atoms in total. The summed E-state index contributed by atoms with van der Waals surface area (Å²) >= 11 is 3.52. The van der Waals surface area contributed by atoms with Crippen molar-refractivity contribution in [1.29, 1.82) is 0 Å². The SMILES string of the molecule is C[C@H]1CN(Cc2cccc(Br)c2)CCN1C(=O)OCc1ccccc1. The van der Waals surface area contributed by atoms with E-state index >= 15 is 0 Å². The summed E-state index contributed by atoms with van der Waals surface area (Å²) in [6.07, 6.45) is -0.224. The molecule has 1 aliphatic rings. The van der Waals surface area contributed by atoms with Gasteiger partial charge in [-0.1, -0.05) is 58.4 Å². The first-order valence-corrected chi connectivity index (χ1v) is 9.35. The predicted octanol–water partition coefficient (Wildman–Crippen LogP) is 4.29. The zero-order valence-electron chi connectivity index (χ0n) is 14.4. The van der Waals surface area contributed by atoms with Gasteiger partial charge >= 0.3 is 6.09 Å². The number of hydrogen-bond donors (Lipinski definition) is 0. The highest BCUT2D eigenvalue weighted by molar-refractivity contribution is 9.10. The molecule has 0 N–H and O–H groups in total. The Labute approximate surface area is 157 Å². The van der Waals surface area contributed by atoms with Gasteiger partial charge in [-0.15, -0.1) is 0 Å². The predicted molar refractivity (Wildman–Crippen MR) is 102 cm³/mol. The van der Waals surface area contributed by atoms with Crippen LogP contribution in [0.2, 0.25) is 0 Å². The van der Waals surface area contributed by atoms with E-state index in [2.05, 4.69) is 46.0 Å². The average molecular weight is 403 g/mol. The molecule has 25 heavy (non-hydrogen) atoms. The summed E-state index contributed by atoms with van der Waals surface area (Å²) in [4.78, 5) is 16.6. The molecule has 1 saturated heterocycles. The first kappa shape index (κ1) is 18.0. The summed E-state index contributed by atoms with van der Waals surface area (Å²) in [5.41, 5.74) is 2.29. The van der Waals surface area contributed by atoms with Crippen molar-refractivity contribution < 1.29 is 9.53 Å². The van der Waals surface area contributed by atoms with Gasteiger partial charge in [-0.2, -0.15) is 0 Å². The van der Waals surface area contributed by atoms with Crippen LogP contribution in [0.4, 0.5) is 4.79 Å². The summed E-state index contributed by atoms with van der Waals surface area (Å²) in [5.74, 6) is 0. The van der Waals surface area contributed by atoms with Gasteiger partial charge in [0.15, 0.2) is 0 Å². The fourth-order valence-corrected chi connectivity index (χ4v) is 3.59. The number of carbonyl (C=O) groups excluding carboxylic acids is 1. The van der Waals surface area contributed by atoms with Crippen LogP contribution in [0, 0.1) is 0 Å². The molecule has 3 rings (SSSR count). The Morgan fingerprint density at radius 1 is 1.12 bits per heavy atom. The van der Waals surface area contributed by atoms with Crippen LogP contribution >= 0.6 is 15.9 Å². The highest BCUT2D eigenvalue weighted by Gasteiger charge is 2.28. The molecule has 0 spiro atoms. The van der Waals surface area contributed by atoms with Crippen LogP contribution in [0.5, 0.6) is 0 Å². The van der Waals surface area contributed by atoms with E-state index in [1.807, 2.05) is 41.3 Å². The zero-order chi connectivity index (χ0) is 17.6. The zero-order valence-corrected chi connectivity index (χ0v) is 16.0. The molecule has 2 aromatic rings. The summed E-state index contributed by atoms with van der Waals surface area (Å²) in [6.45, 7) is 5.71. The van der Waals surface area contributed by atoms with Crippen LogP contribution in [-0.4, -0.2) is 41.6 Å². The number of amides is 1. The van der Waals surface area contributed by atoms with E-state index in [4.69, 9.17) is 4.74 Å². The molecule has 0 radical (unpaired) electrons. The maximum atomic E-state index is 12.4. The molecule has 0 aliphatic carbocycles. The van der Waals surface area contributed by atoms with Crippen molar-refractivity contribution in [3.8, 4) is 0 Å². The van der Waals surface area contributed by atoms with Crippen molar-refractivity contribution in [2.75, 3.05) is 19.6 Å². The molecule has 1 amide bonds. The quantitative estimate of drug-likeness (QED) is 0.764. The third-order valence-electron chi connectivity index (χ3n) is 4.45. The molecule has 0 aromatic heterocycles. The lowest BCUT2D eigenvalue weighted by Crippen LogP contribution is -2.53. The number of piperazine rings is 1. The van der Waals surface area contributed by atoms with Crippen LogP contribution in [0.1, 0.15) is 18.1 Å². The molecule has 0 unspecified atom stereocenters. The Morgan fingerprint density at radius 2 is 1.88 bits per heavy atom. The number of carbonyl (C=O) groups is 1. The monoisotopic (exact) mass is 402 g/mol. The van der Waals surface area contributed by atoms with Crippen molar-refractivity contribution in [3.63, 3.8) is 0 Å². The minimum Gasteiger partial charge on any atom is -0.445 e. The van der Waals surface area contributed by atoms with Gasteiger partial charge in [-0.3, -0.25) is 4.90 Å². The van der Waals surface area contributed by atoms with Gasteiger partial charge in [0.05, 0.1) is 0 Å². The smallest absolute Gasteiger partial charge is 0.410 e. The number of rotatable bonds is 4. The normalized spacial score (nSPS) is 18.2. The maximum absolute atomic E-state index is 12.4. The van der Waals surface area contributed by atoms with Crippen molar-refractivity contribution in [2.24, 2.45) is 0 Å². The van der Waals surface area contributed by atoms with Gasteiger partial charge in [0.2, 0.25) is 0 Å². The van der Waals surface area contributed by atoms with E-state index in [9.17, 15) is 4.79 Å². The second-order valence-corrected chi connectivity index (χ2v) is 7.36. The number of halogens is 1. The first-order chi connectivity index (χ1) is 12.1. The van der Waals surface area contributed by atoms with Gasteiger partial charge in [0, 0.05) is 36.7 Å². The highest BCUT2D eigenvalue weighted by atomic mass is 79.9. The Hall–Kier alpha value is -1.85. The molecule has 1 fully saturated rings. The lowest BCUT2D eigenvalue weighted by molar-refractivity contribution is 0.0458. The lowest BCUT2D eigenvalue weighted by atomic mass is 10.1. The minimum absolute atomic E-state index is 0.143. The van der Waals surface area contributed by atoms with Gasteiger partial charge in [0.25, 0.3) is 0 Å². The third-order valence-corrected chi connectivity index (χ3v) is 4.94. The largest absolute Gasteiger partial charge is 0.445 e. The lowest BCUT2D eigenvalue weighted by Gasteiger charge is -2.39. The molecule has 1 aliphatic heterocycles. The Morgan fingerprint density at radius 3 is 2.60 bits per heavy atom. The minimum atomic E-state index is -0.224. The second kappa shape index (κ2) is 8.50. The topological polar surface area (TPSA) is 32.8 Å². The van der Waals surface area contributed by atoms with E-state index in [1.54, 1.807) is 0 Å². The third kappa shape index (κ3) is 5.06. The fourth-order valence-electron chi connectivity index (χ4n) is 3.14. The van der Waals surface area contributed by atoms with Crippen LogP contribution in [0.15, 0.2) is 59.1 Å². The van der Waals surface area contributed by atoms with E-state index in [-0.39, 0.29) is 12.1 Å². The highest BCUT2D eigenvalue weighted by Crippen LogP contribution is 2.17. The summed E-state index contributed by atoms with van der Waals surface area (Å²) in [6, 6.07) is 18.3. The molecule has 5 heteroatoms. The van der Waals surface area contributed by atoms with Gasteiger partial charge < -0.3 is 9.64 Å². The number of benzene rings is 2. The fraction of sp³-hybridized carbons (Fsp3) is 0.350. The number of hydrogen-bond acceptors (Lipinski definition) is 3. The Kier molecular flexibility index (Phi) is 6.10. The van der Waals surface area contributed by atoms with Gasteiger partial charge in [-0.05, 0) is 30.2 Å². The maximum Gasteiger partial charge on any atom is 0.410 e. The summed E-state index contributed by atoms with van der Waals surface area (Å²) < 4.78 is 6.57. The molecule has 0 saturated carbocycles. The van der Waals surface area contributed by atoms with Gasteiger partial charge in [0.1, 0.15) is 6.61 Å². The molecular weight excluding hydrogens is 380 g/mol. The number of ether oxygens (including phenoxy) is 1. The average Bonchev–Trinajstić information content (AvgIpc) is 2.61. The molecular formula is C20H23BrN2O2. The van der Waals surface area contributed by atoms with Crippen molar-refractivity contribution in [3.05, 3.63) is 70.2 Å². The van der Waals surface area contributed by atoms with E-state index < -0.39 is 0 Å². The van der Waals surface area contributed by atoms with Gasteiger partial charge in [-0.25, -0.2) is 4.79 Å². The standard InChI is InChI=1S/C20H23BrN2O2/c1-16-13-22(14-18-8-5-9-19(21)12-18)10-11-23(16)20(24)25-15-17-6-3-2-4-7-17/h2-9,12,16H,10-11,13-15H2,1H3/t16-/m0/s1. The summed E-state index contributed by atoms with van der Waals surface area (Å²) in [5, 5.41) is 0. The van der Waals surface area contributed by atoms with Crippen molar-refractivity contribution in [2.45, 2.75) is 26.1 Å². The van der Waals surface area contributed by atoms with Crippen LogP contribution in [0.3, 0.4) is 0 Å². The van der Waals surface area contributed by atoms with Crippen molar-refractivity contribution in [1.82, 2.24) is 9.80 Å². The van der Waals surface area contributed by atoms with Crippen LogP contribution in [0.25, 0.3) is 0 Å². The molecule has 2 aromatic carbocycles. The molecule has 1 heterocycles. The van der Waals surface area contributed by atoms with E-state index in [1.165, 1.54) is 5.56 Å². The van der Waals surface area contributed by atoms with Crippen LogP contribution < -0.4 is 0 Å². The molecule has 132 valence electrons. The Balaban J connectivity index is 1.50. The summed E-state index contributed by atoms with van der Waals surface area (Å²) in [7, 11) is 0. The Bertz CT molecular complexity index is 708. The van der Waals surface area contributed by atoms with E-state index in [0.717, 1.165) is 29.7 Å².